The van der Waals surface area contributed by atoms with Crippen LogP contribution in [-0.4, -0.2) is 51.2 Å². The molecule has 1 aromatic carbocycles. The lowest BCUT2D eigenvalue weighted by Crippen LogP contribution is -2.38. The van der Waals surface area contributed by atoms with Crippen LogP contribution in [-0.2, 0) is 14.8 Å². The highest BCUT2D eigenvalue weighted by molar-refractivity contribution is 7.89. The van der Waals surface area contributed by atoms with Crippen LogP contribution in [0.5, 0.6) is 0 Å². The molecular formula is C11H16FN3O3S. The van der Waals surface area contributed by atoms with Crippen molar-refractivity contribution in [2.45, 2.75) is 4.90 Å². The number of anilines is 1. The first-order valence-corrected chi connectivity index (χ1v) is 6.82. The molecule has 8 heteroatoms. The Labute approximate surface area is 111 Å². The fourth-order valence-electron chi connectivity index (χ4n) is 1.33. The topological polar surface area (TPSA) is 83.7 Å². The zero-order chi connectivity index (χ0) is 14.8. The minimum absolute atomic E-state index is 0.342. The predicted molar refractivity (Wildman–Crippen MR) is 69.3 cm³/mol. The third-order valence-electron chi connectivity index (χ3n) is 2.56. The lowest BCUT2D eigenvalue weighted by molar-refractivity contribution is -0.128. The molecule has 0 spiro atoms. The van der Waals surface area contributed by atoms with Crippen molar-refractivity contribution < 1.29 is 17.6 Å². The Morgan fingerprint density at radius 1 is 1.32 bits per heavy atom. The van der Waals surface area contributed by atoms with Crippen molar-refractivity contribution in [2.75, 3.05) is 33.4 Å². The molecule has 2 N–H and O–H groups in total. The number of likely N-dealkylation sites (N-methyl/N-ethyl adjacent to an activating group) is 2. The van der Waals surface area contributed by atoms with E-state index in [4.69, 9.17) is 5.73 Å². The van der Waals surface area contributed by atoms with E-state index in [1.165, 1.54) is 38.2 Å². The molecule has 0 aromatic heterocycles. The standard InChI is InChI=1S/C11H16FN3O3S/c1-14(2)10(16)7-15(3)19(17,18)9-6-4-5-8(12)11(9)13/h4-6H,7,13H2,1-3H3. The van der Waals surface area contributed by atoms with Crippen LogP contribution in [0.2, 0.25) is 0 Å². The molecule has 0 aliphatic carbocycles. The summed E-state index contributed by atoms with van der Waals surface area (Å²) in [5.41, 5.74) is 4.97. The van der Waals surface area contributed by atoms with Gasteiger partial charge in [0.2, 0.25) is 15.9 Å². The maximum atomic E-state index is 13.3. The molecule has 6 nitrogen and oxygen atoms in total. The smallest absolute Gasteiger partial charge is 0.245 e. The van der Waals surface area contributed by atoms with Gasteiger partial charge in [0.1, 0.15) is 10.7 Å². The number of nitrogens with zero attached hydrogens (tertiary/aromatic N) is 2. The molecular weight excluding hydrogens is 273 g/mol. The summed E-state index contributed by atoms with van der Waals surface area (Å²) >= 11 is 0. The molecule has 0 saturated heterocycles. The molecule has 0 radical (unpaired) electrons. The van der Waals surface area contributed by atoms with E-state index in [1.807, 2.05) is 0 Å². The SMILES string of the molecule is CN(C)C(=O)CN(C)S(=O)(=O)c1cccc(F)c1N. The van der Waals surface area contributed by atoms with E-state index in [1.54, 1.807) is 0 Å². The summed E-state index contributed by atoms with van der Waals surface area (Å²) in [4.78, 5) is 12.4. The van der Waals surface area contributed by atoms with Crippen LogP contribution in [0.15, 0.2) is 23.1 Å². The van der Waals surface area contributed by atoms with Crippen LogP contribution in [0.1, 0.15) is 0 Å². The summed E-state index contributed by atoms with van der Waals surface area (Å²) in [6, 6.07) is 3.52. The molecule has 0 bridgehead atoms. The largest absolute Gasteiger partial charge is 0.395 e. The van der Waals surface area contributed by atoms with E-state index in [0.717, 1.165) is 10.4 Å². The fraction of sp³-hybridized carbons (Fsp3) is 0.364. The first-order valence-electron chi connectivity index (χ1n) is 5.38. The molecule has 1 amide bonds. The van der Waals surface area contributed by atoms with Gasteiger partial charge >= 0.3 is 0 Å². The second-order valence-electron chi connectivity index (χ2n) is 4.20. The van der Waals surface area contributed by atoms with Crippen molar-refractivity contribution in [3.05, 3.63) is 24.0 Å². The highest BCUT2D eigenvalue weighted by Crippen LogP contribution is 2.23. The van der Waals surface area contributed by atoms with Gasteiger partial charge in [0.15, 0.2) is 0 Å². The number of halogens is 1. The van der Waals surface area contributed by atoms with Gasteiger partial charge in [-0.3, -0.25) is 4.79 Å². The first-order chi connectivity index (χ1) is 8.67. The van der Waals surface area contributed by atoms with E-state index in [9.17, 15) is 17.6 Å². The average molecular weight is 289 g/mol. The maximum absolute atomic E-state index is 13.3. The van der Waals surface area contributed by atoms with Gasteiger partial charge in [-0.1, -0.05) is 6.07 Å². The quantitative estimate of drug-likeness (QED) is 0.798. The minimum Gasteiger partial charge on any atom is -0.395 e. The Bertz CT molecular complexity index is 587. The summed E-state index contributed by atoms with van der Waals surface area (Å²) in [6.45, 7) is -0.342. The summed E-state index contributed by atoms with van der Waals surface area (Å²) in [6.07, 6.45) is 0. The van der Waals surface area contributed by atoms with Gasteiger partial charge in [-0.05, 0) is 12.1 Å². The Morgan fingerprint density at radius 3 is 2.42 bits per heavy atom. The van der Waals surface area contributed by atoms with Crippen LogP contribution in [0.25, 0.3) is 0 Å². The van der Waals surface area contributed by atoms with Gasteiger partial charge in [0, 0.05) is 21.1 Å². The fourth-order valence-corrected chi connectivity index (χ4v) is 2.57. The van der Waals surface area contributed by atoms with Crippen molar-refractivity contribution in [3.63, 3.8) is 0 Å². The molecule has 19 heavy (non-hydrogen) atoms. The number of para-hydroxylation sites is 1. The molecule has 0 aliphatic rings. The Kier molecular flexibility index (Phi) is 4.48. The zero-order valence-electron chi connectivity index (χ0n) is 10.9. The van der Waals surface area contributed by atoms with Gasteiger partial charge in [-0.2, -0.15) is 4.31 Å². The highest BCUT2D eigenvalue weighted by Gasteiger charge is 2.26. The average Bonchev–Trinajstić information content (AvgIpc) is 2.32. The van der Waals surface area contributed by atoms with Gasteiger partial charge in [-0.25, -0.2) is 12.8 Å². The number of nitrogen functional groups attached to an aromatic ring is 1. The molecule has 0 unspecified atom stereocenters. The lowest BCUT2D eigenvalue weighted by Gasteiger charge is -2.19. The molecule has 1 aromatic rings. The van der Waals surface area contributed by atoms with Crippen LogP contribution in [0.4, 0.5) is 10.1 Å². The van der Waals surface area contributed by atoms with E-state index in [-0.39, 0.29) is 17.3 Å². The van der Waals surface area contributed by atoms with Crippen LogP contribution in [0.3, 0.4) is 0 Å². The predicted octanol–water partition coefficient (Wildman–Crippen LogP) is 0.117. The molecule has 0 fully saturated rings. The summed E-state index contributed by atoms with van der Waals surface area (Å²) in [7, 11) is 0.264. The number of hydrogen-bond acceptors (Lipinski definition) is 4. The Morgan fingerprint density at radius 2 is 1.89 bits per heavy atom. The number of benzene rings is 1. The number of carbonyl (C=O) groups excluding carboxylic acids is 1. The van der Waals surface area contributed by atoms with Gasteiger partial charge < -0.3 is 10.6 Å². The first kappa shape index (κ1) is 15.4. The molecule has 1 rings (SSSR count). The highest BCUT2D eigenvalue weighted by atomic mass is 32.2. The molecule has 0 saturated carbocycles. The molecule has 0 atom stereocenters. The van der Waals surface area contributed by atoms with Crippen LogP contribution in [0, 0.1) is 5.82 Å². The molecule has 0 heterocycles. The monoisotopic (exact) mass is 289 g/mol. The molecule has 106 valence electrons. The third-order valence-corrected chi connectivity index (χ3v) is 4.42. The van der Waals surface area contributed by atoms with Crippen molar-refractivity contribution in [2.24, 2.45) is 0 Å². The summed E-state index contributed by atoms with van der Waals surface area (Å²) in [5.74, 6) is -1.20. The van der Waals surface area contributed by atoms with Crippen molar-refractivity contribution in [1.82, 2.24) is 9.21 Å². The van der Waals surface area contributed by atoms with E-state index >= 15 is 0 Å². The van der Waals surface area contributed by atoms with Gasteiger partial charge in [0.25, 0.3) is 0 Å². The maximum Gasteiger partial charge on any atom is 0.245 e. The van der Waals surface area contributed by atoms with E-state index in [0.29, 0.717) is 0 Å². The summed E-state index contributed by atoms with van der Waals surface area (Å²) in [5, 5.41) is 0. The number of nitrogens with two attached hydrogens (primary N) is 1. The number of amides is 1. The Balaban J connectivity index is 3.11. The normalized spacial score (nSPS) is 11.6. The second-order valence-corrected chi connectivity index (χ2v) is 6.21. The van der Waals surface area contributed by atoms with Crippen molar-refractivity contribution in [1.29, 1.82) is 0 Å². The van der Waals surface area contributed by atoms with E-state index in [2.05, 4.69) is 0 Å². The number of sulfonamides is 1. The zero-order valence-corrected chi connectivity index (χ0v) is 11.7. The Hall–Kier alpha value is -1.67. The number of rotatable bonds is 4. The number of carbonyl (C=O) groups is 1. The minimum atomic E-state index is -4.00. The van der Waals surface area contributed by atoms with Crippen LogP contribution < -0.4 is 5.73 Å². The second kappa shape index (κ2) is 5.54. The molecule has 0 aliphatic heterocycles. The van der Waals surface area contributed by atoms with Gasteiger partial charge in [-0.15, -0.1) is 0 Å². The third kappa shape index (κ3) is 3.21. The van der Waals surface area contributed by atoms with E-state index < -0.39 is 21.5 Å². The van der Waals surface area contributed by atoms with Gasteiger partial charge in [0.05, 0.1) is 12.2 Å². The summed E-state index contributed by atoms with van der Waals surface area (Å²) < 4.78 is 38.5. The lowest BCUT2D eigenvalue weighted by atomic mass is 10.3. The number of hydrogen-bond donors (Lipinski definition) is 1. The van der Waals surface area contributed by atoms with Crippen molar-refractivity contribution in [3.8, 4) is 0 Å². The van der Waals surface area contributed by atoms with Crippen molar-refractivity contribution >= 4 is 21.6 Å². The van der Waals surface area contributed by atoms with Crippen LogP contribution >= 0.6 is 0 Å².